The Morgan fingerprint density at radius 2 is 1.62 bits per heavy atom. The molecule has 0 bridgehead atoms. The molecule has 3 aliphatic heterocycles. The van der Waals surface area contributed by atoms with E-state index in [1.54, 1.807) is 12.7 Å². The van der Waals surface area contributed by atoms with Crippen LogP contribution in [0.1, 0.15) is 5.56 Å². The van der Waals surface area contributed by atoms with Crippen molar-refractivity contribution < 1.29 is 20.1 Å². The molecule has 7 rings (SSSR count). The summed E-state index contributed by atoms with van der Waals surface area (Å²) in [7, 11) is 4.08. The minimum atomic E-state index is 0. The van der Waals surface area contributed by atoms with E-state index < -0.39 is 0 Å². The van der Waals surface area contributed by atoms with E-state index in [2.05, 4.69) is 67.1 Å². The number of nitrogens with zero attached hydrogens (tertiary/aromatic N) is 8. The second-order valence-electron chi connectivity index (χ2n) is 8.10. The monoisotopic (exact) mass is 627 g/mol. The van der Waals surface area contributed by atoms with Crippen LogP contribution >= 0.6 is 0 Å². The molecule has 34 heavy (non-hydrogen) atoms. The van der Waals surface area contributed by atoms with E-state index in [4.69, 9.17) is 0 Å². The van der Waals surface area contributed by atoms with E-state index in [9.17, 15) is 0 Å². The first-order chi connectivity index (χ1) is 16.2. The standard InChI is InChI=1S/C13H12N4.C12H10N4.Ir/c1-16-11-7-14-8-15-13(11)17-10-5-3-2-4-9(10)6-12(16)17;1-15-9-16(10-5-3-2-4-6-10)11-7-13-8-14-12(11)15;/h2-5,7-8,12H,6H2,1H3;2-5,7-9H,1H3;/q;-2;. The molecule has 3 aliphatic rings. The minimum absolute atomic E-state index is 0. The van der Waals surface area contributed by atoms with Crippen LogP contribution in [0.3, 0.4) is 0 Å². The number of anilines is 6. The summed E-state index contributed by atoms with van der Waals surface area (Å²) in [5.41, 5.74) is 5.76. The molecule has 4 aromatic rings. The molecule has 0 N–H and O–H groups in total. The third-order valence-electron chi connectivity index (χ3n) is 6.19. The molecular weight excluding hydrogens is 605 g/mol. The fourth-order valence-corrected chi connectivity index (χ4v) is 4.62. The molecule has 5 heterocycles. The Balaban J connectivity index is 0.000000138. The summed E-state index contributed by atoms with van der Waals surface area (Å²) in [5.74, 6) is 1.93. The van der Waals surface area contributed by atoms with Crippen LogP contribution in [0.25, 0.3) is 0 Å². The second-order valence-corrected chi connectivity index (χ2v) is 8.10. The zero-order valence-electron chi connectivity index (χ0n) is 18.7. The van der Waals surface area contributed by atoms with Crippen molar-refractivity contribution in [3.05, 3.63) is 91.9 Å². The fraction of sp³-hybridized carbons (Fsp3) is 0.160. The molecule has 1 radical (unpaired) electrons. The van der Waals surface area contributed by atoms with Crippen molar-refractivity contribution in [3.8, 4) is 0 Å². The SMILES string of the molecule is CN1[CH-]N(c2[c-]cccc2)c2cncnc21.CN1c2cncnc2N2c3ccccc3CC12.[Ir]. The van der Waals surface area contributed by atoms with Gasteiger partial charge in [0.15, 0.2) is 5.82 Å². The second kappa shape index (κ2) is 9.00. The predicted octanol–water partition coefficient (Wildman–Crippen LogP) is 3.93. The van der Waals surface area contributed by atoms with Crippen LogP contribution in [0, 0.1) is 12.7 Å². The van der Waals surface area contributed by atoms with E-state index >= 15 is 0 Å². The number of hydrogen-bond acceptors (Lipinski definition) is 8. The summed E-state index contributed by atoms with van der Waals surface area (Å²) < 4.78 is 0. The van der Waals surface area contributed by atoms with Gasteiger partial charge in [-0.05, 0) is 18.7 Å². The minimum Gasteiger partial charge on any atom is -0.491 e. The maximum absolute atomic E-state index is 4.42. The largest absolute Gasteiger partial charge is 0.491 e. The van der Waals surface area contributed by atoms with Crippen molar-refractivity contribution in [2.45, 2.75) is 12.6 Å². The molecule has 0 fully saturated rings. The van der Waals surface area contributed by atoms with Gasteiger partial charge in [-0.15, -0.1) is 5.69 Å². The number of para-hydroxylation sites is 2. The quantitative estimate of drug-likeness (QED) is 0.295. The number of fused-ring (bicyclic) bond motifs is 6. The molecule has 0 spiro atoms. The molecule has 2 aromatic carbocycles. The molecule has 2 aromatic heterocycles. The van der Waals surface area contributed by atoms with Gasteiger partial charge >= 0.3 is 0 Å². The van der Waals surface area contributed by atoms with Crippen LogP contribution in [0.2, 0.25) is 0 Å². The van der Waals surface area contributed by atoms with E-state index in [1.165, 1.54) is 11.3 Å². The summed E-state index contributed by atoms with van der Waals surface area (Å²) in [4.78, 5) is 25.4. The van der Waals surface area contributed by atoms with Gasteiger partial charge in [-0.1, -0.05) is 18.2 Å². The zero-order chi connectivity index (χ0) is 22.4. The van der Waals surface area contributed by atoms with Crippen molar-refractivity contribution in [2.24, 2.45) is 0 Å². The number of aromatic nitrogens is 4. The van der Waals surface area contributed by atoms with Gasteiger partial charge in [0.2, 0.25) is 0 Å². The topological polar surface area (TPSA) is 64.5 Å². The van der Waals surface area contributed by atoms with Gasteiger partial charge in [-0.3, -0.25) is 0 Å². The van der Waals surface area contributed by atoms with Crippen molar-refractivity contribution in [2.75, 3.05) is 33.7 Å². The van der Waals surface area contributed by atoms with Gasteiger partial charge in [0.25, 0.3) is 0 Å². The summed E-state index contributed by atoms with van der Waals surface area (Å²) in [6, 6.07) is 19.6. The Bertz CT molecular complexity index is 1300. The molecule has 8 nitrogen and oxygen atoms in total. The van der Waals surface area contributed by atoms with Crippen LogP contribution in [0.5, 0.6) is 0 Å². The first kappa shape index (κ1) is 22.3. The van der Waals surface area contributed by atoms with Gasteiger partial charge in [0.05, 0.1) is 18.1 Å². The van der Waals surface area contributed by atoms with Crippen LogP contribution < -0.4 is 19.6 Å². The molecule has 0 saturated carbocycles. The van der Waals surface area contributed by atoms with Gasteiger partial charge < -0.3 is 19.6 Å². The maximum Gasteiger partial charge on any atom is 0.161 e. The maximum atomic E-state index is 4.42. The predicted molar refractivity (Wildman–Crippen MR) is 129 cm³/mol. The van der Waals surface area contributed by atoms with Crippen molar-refractivity contribution in [1.82, 2.24) is 19.9 Å². The Labute approximate surface area is 212 Å². The van der Waals surface area contributed by atoms with Crippen LogP contribution in [0.4, 0.5) is 34.4 Å². The molecule has 0 amide bonds. The zero-order valence-corrected chi connectivity index (χ0v) is 21.1. The van der Waals surface area contributed by atoms with Gasteiger partial charge in [0.1, 0.15) is 30.3 Å². The van der Waals surface area contributed by atoms with Gasteiger partial charge in [-0.2, -0.15) is 37.0 Å². The van der Waals surface area contributed by atoms with E-state index in [1.807, 2.05) is 60.2 Å². The summed E-state index contributed by atoms with van der Waals surface area (Å²) in [6.45, 7) is 1.98. The molecule has 1 atom stereocenters. The van der Waals surface area contributed by atoms with Crippen molar-refractivity contribution in [3.63, 3.8) is 0 Å². The number of benzene rings is 2. The Morgan fingerprint density at radius 3 is 2.41 bits per heavy atom. The Morgan fingerprint density at radius 1 is 0.882 bits per heavy atom. The average molecular weight is 627 g/mol. The fourth-order valence-electron chi connectivity index (χ4n) is 4.62. The first-order valence-electron chi connectivity index (χ1n) is 10.8. The summed E-state index contributed by atoms with van der Waals surface area (Å²) >= 11 is 0. The normalized spacial score (nSPS) is 16.7. The van der Waals surface area contributed by atoms with Gasteiger partial charge in [-0.25, -0.2) is 19.9 Å². The van der Waals surface area contributed by atoms with Gasteiger partial charge in [0, 0.05) is 39.3 Å². The third-order valence-corrected chi connectivity index (χ3v) is 6.19. The van der Waals surface area contributed by atoms with E-state index in [-0.39, 0.29) is 20.1 Å². The molecule has 0 saturated heterocycles. The smallest absolute Gasteiger partial charge is 0.161 e. The molecule has 0 aliphatic carbocycles. The Kier molecular flexibility index (Phi) is 5.89. The molecule has 9 heteroatoms. The van der Waals surface area contributed by atoms with E-state index in [0.717, 1.165) is 35.1 Å². The van der Waals surface area contributed by atoms with Crippen molar-refractivity contribution >= 4 is 34.4 Å². The summed E-state index contributed by atoms with van der Waals surface area (Å²) in [5, 5.41) is 0. The van der Waals surface area contributed by atoms with Crippen molar-refractivity contribution in [1.29, 1.82) is 0 Å². The average Bonchev–Trinajstić information content (AvgIpc) is 3.51. The third kappa shape index (κ3) is 3.57. The Hall–Kier alpha value is -3.55. The van der Waals surface area contributed by atoms with Crippen LogP contribution in [-0.2, 0) is 26.5 Å². The van der Waals surface area contributed by atoms with Crippen LogP contribution in [-0.4, -0.2) is 40.2 Å². The van der Waals surface area contributed by atoms with Crippen LogP contribution in [0.15, 0.2) is 73.6 Å². The summed E-state index contributed by atoms with van der Waals surface area (Å²) in [6.07, 6.45) is 8.28. The number of rotatable bonds is 1. The first-order valence-corrected chi connectivity index (χ1v) is 10.8. The molecular formula is C25H22IrN8-2. The molecule has 1 unspecified atom stereocenters. The number of likely N-dealkylation sites (N-methyl/N-ethyl adjacent to an activating group) is 1. The number of hydrogen-bond donors (Lipinski definition) is 0. The van der Waals surface area contributed by atoms with E-state index in [0.29, 0.717) is 6.17 Å². The molecule has 173 valence electrons.